The van der Waals surface area contributed by atoms with Crippen molar-refractivity contribution < 1.29 is 9.57 Å². The summed E-state index contributed by atoms with van der Waals surface area (Å²) in [5, 5.41) is 4.16. The van der Waals surface area contributed by atoms with Crippen LogP contribution in [0.2, 0.25) is 0 Å². The topological polar surface area (TPSA) is 48.6 Å². The Morgan fingerprint density at radius 3 is 2.56 bits per heavy atom. The molecular weight excluding hydrogens is 314 g/mol. The van der Waals surface area contributed by atoms with Crippen LogP contribution in [0.4, 0.5) is 0 Å². The molecule has 0 saturated carbocycles. The van der Waals surface area contributed by atoms with Crippen molar-refractivity contribution in [3.8, 4) is 5.75 Å². The number of oxime groups is 1. The van der Waals surface area contributed by atoms with Crippen LogP contribution in [0.5, 0.6) is 5.75 Å². The van der Waals surface area contributed by atoms with Crippen LogP contribution < -0.4 is 4.74 Å². The molecule has 25 heavy (non-hydrogen) atoms. The van der Waals surface area contributed by atoms with Crippen molar-refractivity contribution in [2.24, 2.45) is 5.16 Å². The number of ether oxygens (including phenoxy) is 1. The quantitative estimate of drug-likeness (QED) is 0.384. The summed E-state index contributed by atoms with van der Waals surface area (Å²) in [6.07, 6.45) is 6.04. The van der Waals surface area contributed by atoms with Gasteiger partial charge in [-0.15, -0.1) is 0 Å². The number of benzene rings is 2. The third kappa shape index (κ3) is 3.88. The van der Waals surface area contributed by atoms with Crippen molar-refractivity contribution >= 4 is 5.84 Å². The van der Waals surface area contributed by atoms with E-state index in [2.05, 4.69) is 29.2 Å². The lowest BCUT2D eigenvalue weighted by Gasteiger charge is -2.20. The van der Waals surface area contributed by atoms with Crippen LogP contribution in [0.1, 0.15) is 30.6 Å². The SMILES string of the molecule is CCC(Oc1ccccc1/C(=N/OC)n1ccnc1)c1ccccc1. The van der Waals surface area contributed by atoms with Crippen LogP contribution in [0.3, 0.4) is 0 Å². The molecule has 0 spiro atoms. The summed E-state index contributed by atoms with van der Waals surface area (Å²) in [5.41, 5.74) is 1.99. The molecule has 0 bridgehead atoms. The van der Waals surface area contributed by atoms with Gasteiger partial charge >= 0.3 is 0 Å². The van der Waals surface area contributed by atoms with E-state index < -0.39 is 0 Å². The highest BCUT2D eigenvalue weighted by Crippen LogP contribution is 2.28. The summed E-state index contributed by atoms with van der Waals surface area (Å²) >= 11 is 0. The van der Waals surface area contributed by atoms with E-state index in [1.807, 2.05) is 48.7 Å². The van der Waals surface area contributed by atoms with E-state index in [4.69, 9.17) is 9.57 Å². The molecule has 0 N–H and O–H groups in total. The number of aromatic nitrogens is 2. The van der Waals surface area contributed by atoms with E-state index in [-0.39, 0.29) is 6.10 Å². The molecule has 0 amide bonds. The summed E-state index contributed by atoms with van der Waals surface area (Å²) < 4.78 is 8.14. The van der Waals surface area contributed by atoms with E-state index in [9.17, 15) is 0 Å². The Morgan fingerprint density at radius 1 is 1.12 bits per heavy atom. The number of imidazole rings is 1. The van der Waals surface area contributed by atoms with Crippen LogP contribution in [-0.2, 0) is 4.84 Å². The first-order chi connectivity index (χ1) is 12.3. The molecule has 0 aliphatic rings. The van der Waals surface area contributed by atoms with Gasteiger partial charge in [-0.25, -0.2) is 4.98 Å². The minimum absolute atomic E-state index is 0.0334. The zero-order valence-electron chi connectivity index (χ0n) is 14.4. The van der Waals surface area contributed by atoms with E-state index in [0.717, 1.165) is 23.3 Å². The molecule has 3 rings (SSSR count). The Balaban J connectivity index is 1.97. The Bertz CT molecular complexity index is 814. The number of hydrogen-bond donors (Lipinski definition) is 0. The van der Waals surface area contributed by atoms with Crippen molar-refractivity contribution in [1.82, 2.24) is 9.55 Å². The number of rotatable bonds is 6. The Labute approximate surface area is 147 Å². The predicted molar refractivity (Wildman–Crippen MR) is 97.7 cm³/mol. The van der Waals surface area contributed by atoms with Gasteiger partial charge in [0.2, 0.25) is 0 Å². The van der Waals surface area contributed by atoms with Crippen LogP contribution in [-0.4, -0.2) is 22.5 Å². The molecule has 0 aliphatic heterocycles. The molecule has 1 aromatic heterocycles. The fourth-order valence-corrected chi connectivity index (χ4v) is 2.67. The first-order valence-electron chi connectivity index (χ1n) is 8.24. The van der Waals surface area contributed by atoms with E-state index >= 15 is 0 Å². The largest absolute Gasteiger partial charge is 0.485 e. The number of hydrogen-bond acceptors (Lipinski definition) is 4. The summed E-state index contributed by atoms with van der Waals surface area (Å²) in [5.74, 6) is 1.38. The van der Waals surface area contributed by atoms with Crippen molar-refractivity contribution in [1.29, 1.82) is 0 Å². The highest BCUT2D eigenvalue weighted by molar-refractivity contribution is 6.02. The summed E-state index contributed by atoms with van der Waals surface area (Å²) in [4.78, 5) is 9.13. The third-order valence-corrected chi connectivity index (χ3v) is 3.87. The molecule has 0 saturated heterocycles. The maximum absolute atomic E-state index is 6.34. The van der Waals surface area contributed by atoms with Gasteiger partial charge < -0.3 is 9.57 Å². The fraction of sp³-hybridized carbons (Fsp3) is 0.200. The average molecular weight is 335 g/mol. The van der Waals surface area contributed by atoms with Crippen molar-refractivity contribution in [2.45, 2.75) is 19.4 Å². The van der Waals surface area contributed by atoms with Gasteiger partial charge in [0.1, 0.15) is 25.3 Å². The first-order valence-corrected chi connectivity index (χ1v) is 8.24. The van der Waals surface area contributed by atoms with Gasteiger partial charge in [-0.05, 0) is 24.1 Å². The minimum atomic E-state index is -0.0334. The maximum Gasteiger partial charge on any atom is 0.188 e. The van der Waals surface area contributed by atoms with E-state index in [0.29, 0.717) is 5.84 Å². The molecule has 5 nitrogen and oxygen atoms in total. The fourth-order valence-electron chi connectivity index (χ4n) is 2.67. The van der Waals surface area contributed by atoms with Gasteiger partial charge in [0.25, 0.3) is 0 Å². The maximum atomic E-state index is 6.34. The Morgan fingerprint density at radius 2 is 1.88 bits per heavy atom. The molecule has 0 fully saturated rings. The van der Waals surface area contributed by atoms with Crippen LogP contribution in [0, 0.1) is 0 Å². The highest BCUT2D eigenvalue weighted by atomic mass is 16.6. The summed E-state index contributed by atoms with van der Waals surface area (Å²) in [6.45, 7) is 2.11. The van der Waals surface area contributed by atoms with Gasteiger partial charge in [-0.3, -0.25) is 4.57 Å². The van der Waals surface area contributed by atoms with E-state index in [1.54, 1.807) is 17.1 Å². The van der Waals surface area contributed by atoms with Gasteiger partial charge in [-0.1, -0.05) is 54.5 Å². The average Bonchev–Trinajstić information content (AvgIpc) is 3.20. The first kappa shape index (κ1) is 16.8. The van der Waals surface area contributed by atoms with Crippen molar-refractivity contribution in [3.63, 3.8) is 0 Å². The van der Waals surface area contributed by atoms with Crippen molar-refractivity contribution in [2.75, 3.05) is 7.11 Å². The van der Waals surface area contributed by atoms with Gasteiger partial charge in [-0.2, -0.15) is 0 Å². The molecule has 1 atom stereocenters. The smallest absolute Gasteiger partial charge is 0.188 e. The Kier molecular flexibility index (Phi) is 5.46. The zero-order valence-corrected chi connectivity index (χ0v) is 14.4. The van der Waals surface area contributed by atoms with Crippen LogP contribution in [0.25, 0.3) is 0 Å². The molecule has 3 aromatic rings. The molecule has 5 heteroatoms. The van der Waals surface area contributed by atoms with Gasteiger partial charge in [0.15, 0.2) is 5.84 Å². The second-order valence-electron chi connectivity index (χ2n) is 5.49. The molecule has 128 valence electrons. The normalized spacial score (nSPS) is 12.6. The zero-order chi connectivity index (χ0) is 17.5. The van der Waals surface area contributed by atoms with Crippen LogP contribution in [0.15, 0.2) is 78.5 Å². The van der Waals surface area contributed by atoms with Crippen LogP contribution >= 0.6 is 0 Å². The number of para-hydroxylation sites is 1. The lowest BCUT2D eigenvalue weighted by molar-refractivity contribution is 0.199. The molecule has 1 unspecified atom stereocenters. The van der Waals surface area contributed by atoms with Gasteiger partial charge in [0.05, 0.1) is 5.56 Å². The second kappa shape index (κ2) is 8.15. The lowest BCUT2D eigenvalue weighted by Crippen LogP contribution is -2.15. The predicted octanol–water partition coefficient (Wildman–Crippen LogP) is 4.27. The van der Waals surface area contributed by atoms with Crippen molar-refractivity contribution in [3.05, 3.63) is 84.4 Å². The highest BCUT2D eigenvalue weighted by Gasteiger charge is 2.17. The molecular formula is C20H21N3O2. The summed E-state index contributed by atoms with van der Waals surface area (Å²) in [7, 11) is 1.53. The van der Waals surface area contributed by atoms with Gasteiger partial charge in [0, 0.05) is 12.4 Å². The number of nitrogens with zero attached hydrogens (tertiary/aromatic N) is 3. The molecule has 0 aliphatic carbocycles. The third-order valence-electron chi connectivity index (χ3n) is 3.87. The van der Waals surface area contributed by atoms with E-state index in [1.165, 1.54) is 7.11 Å². The molecule has 1 heterocycles. The lowest BCUT2D eigenvalue weighted by atomic mass is 10.1. The molecule has 2 aromatic carbocycles. The molecule has 0 radical (unpaired) electrons. The Hall–Kier alpha value is -3.08. The standard InChI is InChI=1S/C20H21N3O2/c1-3-18(16-9-5-4-6-10-16)25-19-12-8-7-11-17(19)20(22-24-2)23-14-13-21-15-23/h4-15,18H,3H2,1-2H3/b22-20-. The summed E-state index contributed by atoms with van der Waals surface area (Å²) in [6, 6.07) is 18.0. The second-order valence-corrected chi connectivity index (χ2v) is 5.49. The minimum Gasteiger partial charge on any atom is -0.485 e. The monoisotopic (exact) mass is 335 g/mol.